The van der Waals surface area contributed by atoms with Gasteiger partial charge in [0.15, 0.2) is 0 Å². The number of aryl methyl sites for hydroxylation is 1. The number of pyridine rings is 1. The standard InChI is InChI=1S/C10H9ClN4OS/c1-6-4-12-3-2-7(6)5-13-8(16)9-14-15-10(11)17-9/h2-4H,5H2,1H3,(H,13,16). The lowest BCUT2D eigenvalue weighted by Gasteiger charge is -2.05. The molecule has 0 aromatic carbocycles. The summed E-state index contributed by atoms with van der Waals surface area (Å²) in [7, 11) is 0. The van der Waals surface area contributed by atoms with Crippen LogP contribution in [-0.2, 0) is 6.54 Å². The second kappa shape index (κ2) is 5.20. The Morgan fingerprint density at radius 3 is 3.00 bits per heavy atom. The molecule has 2 rings (SSSR count). The van der Waals surface area contributed by atoms with Crippen molar-refractivity contribution in [1.29, 1.82) is 0 Å². The Morgan fingerprint density at radius 1 is 1.53 bits per heavy atom. The van der Waals surface area contributed by atoms with E-state index in [-0.39, 0.29) is 15.4 Å². The van der Waals surface area contributed by atoms with Crippen LogP contribution in [0.3, 0.4) is 0 Å². The molecule has 0 fully saturated rings. The summed E-state index contributed by atoms with van der Waals surface area (Å²) in [5.41, 5.74) is 2.05. The zero-order chi connectivity index (χ0) is 12.3. The lowest BCUT2D eigenvalue weighted by Crippen LogP contribution is -2.23. The Labute approximate surface area is 107 Å². The summed E-state index contributed by atoms with van der Waals surface area (Å²) >= 11 is 6.66. The first-order chi connectivity index (χ1) is 8.16. The van der Waals surface area contributed by atoms with Gasteiger partial charge in [0.25, 0.3) is 5.91 Å². The van der Waals surface area contributed by atoms with Crippen molar-refractivity contribution in [3.05, 3.63) is 39.1 Å². The maximum absolute atomic E-state index is 11.7. The van der Waals surface area contributed by atoms with E-state index in [0.29, 0.717) is 6.54 Å². The summed E-state index contributed by atoms with van der Waals surface area (Å²) in [4.78, 5) is 15.6. The topological polar surface area (TPSA) is 67.8 Å². The Bertz CT molecular complexity index is 543. The molecule has 0 radical (unpaired) electrons. The Hall–Kier alpha value is -1.53. The zero-order valence-electron chi connectivity index (χ0n) is 8.98. The molecular weight excluding hydrogens is 260 g/mol. The molecule has 0 saturated heterocycles. The van der Waals surface area contributed by atoms with Crippen LogP contribution in [0.2, 0.25) is 4.47 Å². The van der Waals surface area contributed by atoms with Crippen LogP contribution in [-0.4, -0.2) is 21.1 Å². The molecule has 1 amide bonds. The number of aromatic nitrogens is 3. The minimum absolute atomic E-state index is 0.259. The van der Waals surface area contributed by atoms with Crippen molar-refractivity contribution in [2.45, 2.75) is 13.5 Å². The van der Waals surface area contributed by atoms with Gasteiger partial charge >= 0.3 is 0 Å². The molecular formula is C10H9ClN4OS. The molecule has 5 nitrogen and oxygen atoms in total. The van der Waals surface area contributed by atoms with E-state index in [2.05, 4.69) is 20.5 Å². The molecule has 17 heavy (non-hydrogen) atoms. The Balaban J connectivity index is 1.99. The van der Waals surface area contributed by atoms with E-state index < -0.39 is 0 Å². The largest absolute Gasteiger partial charge is 0.346 e. The summed E-state index contributed by atoms with van der Waals surface area (Å²) in [6, 6.07) is 1.86. The fraction of sp³-hybridized carbons (Fsp3) is 0.200. The SMILES string of the molecule is Cc1cnccc1CNC(=O)c1nnc(Cl)s1. The smallest absolute Gasteiger partial charge is 0.282 e. The minimum atomic E-state index is -0.273. The number of carbonyl (C=O) groups excluding carboxylic acids is 1. The van der Waals surface area contributed by atoms with Crippen molar-refractivity contribution in [2.24, 2.45) is 0 Å². The van der Waals surface area contributed by atoms with Crippen LogP contribution < -0.4 is 5.32 Å². The van der Waals surface area contributed by atoms with Gasteiger partial charge in [-0.1, -0.05) is 11.3 Å². The number of nitrogens with zero attached hydrogens (tertiary/aromatic N) is 3. The van der Waals surface area contributed by atoms with Crippen molar-refractivity contribution in [3.63, 3.8) is 0 Å². The third-order valence-corrected chi connectivity index (χ3v) is 3.19. The number of amides is 1. The summed E-state index contributed by atoms with van der Waals surface area (Å²) in [6.45, 7) is 2.38. The molecule has 1 N–H and O–H groups in total. The normalized spacial score (nSPS) is 10.2. The van der Waals surface area contributed by atoms with Gasteiger partial charge in [-0.3, -0.25) is 9.78 Å². The van der Waals surface area contributed by atoms with E-state index >= 15 is 0 Å². The van der Waals surface area contributed by atoms with Gasteiger partial charge in [-0.2, -0.15) is 0 Å². The monoisotopic (exact) mass is 268 g/mol. The van der Waals surface area contributed by atoms with Crippen LogP contribution in [0.15, 0.2) is 18.5 Å². The van der Waals surface area contributed by atoms with Gasteiger partial charge in [-0.15, -0.1) is 10.2 Å². The van der Waals surface area contributed by atoms with E-state index in [9.17, 15) is 4.79 Å². The van der Waals surface area contributed by atoms with Crippen LogP contribution in [0.25, 0.3) is 0 Å². The lowest BCUT2D eigenvalue weighted by atomic mass is 10.1. The van der Waals surface area contributed by atoms with Crippen LogP contribution >= 0.6 is 22.9 Å². The number of nitrogens with one attached hydrogen (secondary N) is 1. The maximum atomic E-state index is 11.7. The highest BCUT2D eigenvalue weighted by Gasteiger charge is 2.11. The van der Waals surface area contributed by atoms with Gasteiger partial charge < -0.3 is 5.32 Å². The molecule has 0 unspecified atom stereocenters. The highest BCUT2D eigenvalue weighted by molar-refractivity contribution is 7.17. The molecule has 7 heteroatoms. The Kier molecular flexibility index (Phi) is 3.65. The molecule has 88 valence electrons. The molecule has 2 heterocycles. The number of halogens is 1. The van der Waals surface area contributed by atoms with Crippen LogP contribution in [0.4, 0.5) is 0 Å². The molecule has 0 saturated carbocycles. The first-order valence-electron chi connectivity index (χ1n) is 4.83. The summed E-state index contributed by atoms with van der Waals surface area (Å²) in [5.74, 6) is -0.273. The van der Waals surface area contributed by atoms with E-state index in [1.165, 1.54) is 0 Å². The minimum Gasteiger partial charge on any atom is -0.346 e. The highest BCUT2D eigenvalue weighted by atomic mass is 35.5. The third kappa shape index (κ3) is 2.98. The van der Waals surface area contributed by atoms with Crippen LogP contribution in [0.1, 0.15) is 20.9 Å². The Morgan fingerprint density at radius 2 is 2.35 bits per heavy atom. The van der Waals surface area contributed by atoms with Gasteiger partial charge in [0, 0.05) is 18.9 Å². The van der Waals surface area contributed by atoms with Gasteiger partial charge in [0.1, 0.15) is 0 Å². The van der Waals surface area contributed by atoms with Crippen molar-refractivity contribution < 1.29 is 4.79 Å². The van der Waals surface area contributed by atoms with E-state index in [1.54, 1.807) is 12.4 Å². The predicted molar refractivity (Wildman–Crippen MR) is 65.1 cm³/mol. The van der Waals surface area contributed by atoms with E-state index in [0.717, 1.165) is 22.5 Å². The van der Waals surface area contributed by atoms with Crippen LogP contribution in [0.5, 0.6) is 0 Å². The molecule has 2 aromatic heterocycles. The number of hydrogen-bond acceptors (Lipinski definition) is 5. The maximum Gasteiger partial charge on any atom is 0.282 e. The van der Waals surface area contributed by atoms with Crippen molar-refractivity contribution in [3.8, 4) is 0 Å². The molecule has 0 bridgehead atoms. The zero-order valence-corrected chi connectivity index (χ0v) is 10.5. The summed E-state index contributed by atoms with van der Waals surface area (Å²) in [6.07, 6.45) is 3.44. The van der Waals surface area contributed by atoms with Crippen molar-refractivity contribution >= 4 is 28.8 Å². The van der Waals surface area contributed by atoms with Gasteiger partial charge in [0.2, 0.25) is 9.47 Å². The van der Waals surface area contributed by atoms with E-state index in [4.69, 9.17) is 11.6 Å². The first kappa shape index (κ1) is 11.9. The molecule has 2 aromatic rings. The van der Waals surface area contributed by atoms with Gasteiger partial charge in [-0.05, 0) is 35.7 Å². The fourth-order valence-electron chi connectivity index (χ4n) is 1.25. The molecule has 0 aliphatic carbocycles. The summed E-state index contributed by atoms with van der Waals surface area (Å²) < 4.78 is 0.259. The second-order valence-corrected chi connectivity index (χ2v) is 4.90. The molecule has 0 aliphatic heterocycles. The van der Waals surface area contributed by atoms with Crippen molar-refractivity contribution in [1.82, 2.24) is 20.5 Å². The first-order valence-corrected chi connectivity index (χ1v) is 6.03. The molecule has 0 spiro atoms. The fourth-order valence-corrected chi connectivity index (χ4v) is 1.99. The van der Waals surface area contributed by atoms with E-state index in [1.807, 2.05) is 13.0 Å². The number of rotatable bonds is 3. The summed E-state index contributed by atoms with van der Waals surface area (Å²) in [5, 5.41) is 10.3. The van der Waals surface area contributed by atoms with Gasteiger partial charge in [0.05, 0.1) is 0 Å². The number of carbonyl (C=O) groups is 1. The predicted octanol–water partition coefficient (Wildman–Crippen LogP) is 1.82. The highest BCUT2D eigenvalue weighted by Crippen LogP contribution is 2.14. The molecule has 0 atom stereocenters. The quantitative estimate of drug-likeness (QED) is 0.922. The average molecular weight is 269 g/mol. The van der Waals surface area contributed by atoms with Crippen molar-refractivity contribution in [2.75, 3.05) is 0 Å². The number of hydrogen-bond donors (Lipinski definition) is 1. The second-order valence-electron chi connectivity index (χ2n) is 3.35. The average Bonchev–Trinajstić information content (AvgIpc) is 2.74. The van der Waals surface area contributed by atoms with Gasteiger partial charge in [-0.25, -0.2) is 0 Å². The third-order valence-electron chi connectivity index (χ3n) is 2.17. The van der Waals surface area contributed by atoms with Crippen LogP contribution in [0, 0.1) is 6.92 Å². The lowest BCUT2D eigenvalue weighted by molar-refractivity contribution is 0.0950. The molecule has 0 aliphatic rings.